The maximum Gasteiger partial charge on any atom is 0.109 e. The quantitative estimate of drug-likeness (QED) is 0.330. The van der Waals surface area contributed by atoms with Crippen molar-refractivity contribution < 1.29 is 0 Å². The summed E-state index contributed by atoms with van der Waals surface area (Å²) in [4.78, 5) is 12.6. The van der Waals surface area contributed by atoms with Crippen molar-refractivity contribution in [2.24, 2.45) is 35.5 Å². The normalized spacial score (nSPS) is 25.5. The third-order valence-corrected chi connectivity index (χ3v) is 11.7. The van der Waals surface area contributed by atoms with Crippen molar-refractivity contribution in [2.45, 2.75) is 131 Å². The summed E-state index contributed by atoms with van der Waals surface area (Å²) in [6.45, 7) is 25.7. The van der Waals surface area contributed by atoms with E-state index in [9.17, 15) is 0 Å². The Kier molecular flexibility index (Phi) is 12.6. The monoisotopic (exact) mass is 570 g/mol. The molecule has 1 aromatic rings. The van der Waals surface area contributed by atoms with E-state index in [0.29, 0.717) is 0 Å². The van der Waals surface area contributed by atoms with Gasteiger partial charge >= 0.3 is 0 Å². The SMILES string of the molecule is CC(C)C1CCN(C(C)CC2CCN(C(C)C)CC2)CC1.CC(C)C1CCn2c(cnc2CC2CCN(C)CC2)C1. The van der Waals surface area contributed by atoms with Crippen molar-refractivity contribution in [1.29, 1.82) is 0 Å². The fourth-order valence-corrected chi connectivity index (χ4v) is 8.18. The second kappa shape index (κ2) is 15.7. The largest absolute Gasteiger partial charge is 0.332 e. The third kappa shape index (κ3) is 9.54. The average molecular weight is 570 g/mol. The van der Waals surface area contributed by atoms with Gasteiger partial charge in [-0.15, -0.1) is 0 Å². The van der Waals surface area contributed by atoms with Gasteiger partial charge in [0.15, 0.2) is 0 Å². The molecule has 1 aromatic heterocycles. The summed E-state index contributed by atoms with van der Waals surface area (Å²) < 4.78 is 2.52. The lowest BCUT2D eigenvalue weighted by Crippen LogP contribution is -2.43. The predicted octanol–water partition coefficient (Wildman–Crippen LogP) is 7.24. The van der Waals surface area contributed by atoms with Crippen molar-refractivity contribution >= 4 is 0 Å². The Morgan fingerprint density at radius 2 is 1.24 bits per heavy atom. The average Bonchev–Trinajstić information content (AvgIpc) is 3.36. The number of hydrogen-bond donors (Lipinski definition) is 0. The van der Waals surface area contributed by atoms with Crippen molar-refractivity contribution in [3.8, 4) is 0 Å². The summed E-state index contributed by atoms with van der Waals surface area (Å²) in [5, 5.41) is 0. The van der Waals surface area contributed by atoms with Gasteiger partial charge in [-0.2, -0.15) is 0 Å². The molecule has 3 saturated heterocycles. The van der Waals surface area contributed by atoms with Crippen LogP contribution >= 0.6 is 0 Å². The summed E-state index contributed by atoms with van der Waals surface area (Å²) in [6.07, 6.45) is 15.7. The molecule has 2 unspecified atom stereocenters. The van der Waals surface area contributed by atoms with Crippen LogP contribution in [0.4, 0.5) is 0 Å². The minimum atomic E-state index is 0.735. The van der Waals surface area contributed by atoms with Gasteiger partial charge in [0, 0.05) is 36.9 Å². The van der Waals surface area contributed by atoms with E-state index in [1.165, 1.54) is 122 Å². The summed E-state index contributed by atoms with van der Waals surface area (Å²) in [6, 6.07) is 1.53. The maximum absolute atomic E-state index is 4.75. The Morgan fingerprint density at radius 3 is 1.83 bits per heavy atom. The zero-order valence-corrected chi connectivity index (χ0v) is 28.5. The molecule has 0 saturated carbocycles. The van der Waals surface area contributed by atoms with Crippen LogP contribution in [0, 0.1) is 35.5 Å². The van der Waals surface area contributed by atoms with Gasteiger partial charge in [-0.05, 0) is 160 Å². The lowest BCUT2D eigenvalue weighted by molar-refractivity contribution is 0.0885. The van der Waals surface area contributed by atoms with Crippen LogP contribution in [-0.4, -0.2) is 82.7 Å². The van der Waals surface area contributed by atoms with E-state index in [0.717, 1.165) is 47.6 Å². The van der Waals surface area contributed by atoms with Crippen LogP contribution in [0.5, 0.6) is 0 Å². The molecule has 0 bridgehead atoms. The lowest BCUT2D eigenvalue weighted by atomic mass is 9.85. The minimum Gasteiger partial charge on any atom is -0.332 e. The van der Waals surface area contributed by atoms with Crippen LogP contribution in [0.1, 0.15) is 111 Å². The molecule has 5 heteroatoms. The summed E-state index contributed by atoms with van der Waals surface area (Å²) in [7, 11) is 2.24. The first kappa shape index (κ1) is 33.0. The van der Waals surface area contributed by atoms with E-state index >= 15 is 0 Å². The van der Waals surface area contributed by atoms with Gasteiger partial charge in [-0.25, -0.2) is 4.98 Å². The maximum atomic E-state index is 4.75. The molecule has 41 heavy (non-hydrogen) atoms. The topological polar surface area (TPSA) is 27.5 Å². The molecule has 2 atom stereocenters. The van der Waals surface area contributed by atoms with Crippen LogP contribution in [-0.2, 0) is 19.4 Å². The van der Waals surface area contributed by atoms with Gasteiger partial charge in [-0.3, -0.25) is 0 Å². The summed E-state index contributed by atoms with van der Waals surface area (Å²) in [5.41, 5.74) is 1.48. The number of likely N-dealkylation sites (tertiary alicyclic amines) is 3. The molecule has 0 amide bonds. The van der Waals surface area contributed by atoms with Crippen molar-refractivity contribution in [3.05, 3.63) is 17.7 Å². The highest BCUT2D eigenvalue weighted by Crippen LogP contribution is 2.30. The fourth-order valence-electron chi connectivity index (χ4n) is 8.18. The number of fused-ring (bicyclic) bond motifs is 1. The molecule has 236 valence electrons. The van der Waals surface area contributed by atoms with Crippen molar-refractivity contribution in [1.82, 2.24) is 24.3 Å². The van der Waals surface area contributed by atoms with E-state index < -0.39 is 0 Å². The van der Waals surface area contributed by atoms with Crippen molar-refractivity contribution in [3.63, 3.8) is 0 Å². The molecule has 0 spiro atoms. The molecule has 4 aliphatic rings. The molecule has 0 N–H and O–H groups in total. The number of imidazole rings is 1. The first-order valence-electron chi connectivity index (χ1n) is 17.8. The molecule has 5 heterocycles. The van der Waals surface area contributed by atoms with E-state index in [1.54, 1.807) is 0 Å². The fraction of sp³-hybridized carbons (Fsp3) is 0.917. The second-order valence-electron chi connectivity index (χ2n) is 15.5. The second-order valence-corrected chi connectivity index (χ2v) is 15.5. The molecular formula is C36H67N5. The number of nitrogens with zero attached hydrogens (tertiary/aromatic N) is 5. The standard InChI is InChI=1S/C19H38N2.C17H29N3/c1-15(2)19-8-12-21(13-9-19)17(5)14-18-6-10-20(11-7-18)16(3)4;1-13(2)15-6-9-20-16(11-15)12-18-17(20)10-14-4-7-19(3)8-5-14/h15-19H,6-14H2,1-5H3;12-15H,4-11H2,1-3H3. The minimum absolute atomic E-state index is 0.735. The van der Waals surface area contributed by atoms with Crippen LogP contribution in [0.15, 0.2) is 6.20 Å². The van der Waals surface area contributed by atoms with Crippen LogP contribution in [0.25, 0.3) is 0 Å². The summed E-state index contributed by atoms with van der Waals surface area (Å²) in [5.74, 6) is 6.69. The van der Waals surface area contributed by atoms with Gasteiger partial charge in [0.05, 0.1) is 0 Å². The molecule has 0 aromatic carbocycles. The highest BCUT2D eigenvalue weighted by atomic mass is 15.2. The van der Waals surface area contributed by atoms with Crippen LogP contribution < -0.4 is 0 Å². The Hall–Kier alpha value is -0.910. The van der Waals surface area contributed by atoms with Gasteiger partial charge in [0.25, 0.3) is 0 Å². The zero-order valence-electron chi connectivity index (χ0n) is 28.5. The van der Waals surface area contributed by atoms with Crippen LogP contribution in [0.3, 0.4) is 0 Å². The van der Waals surface area contributed by atoms with E-state index in [-0.39, 0.29) is 0 Å². The van der Waals surface area contributed by atoms with Gasteiger partial charge < -0.3 is 19.3 Å². The molecule has 0 aliphatic carbocycles. The molecule has 3 fully saturated rings. The smallest absolute Gasteiger partial charge is 0.109 e. The molecular weight excluding hydrogens is 502 g/mol. The molecule has 5 nitrogen and oxygen atoms in total. The molecule has 5 rings (SSSR count). The number of rotatable bonds is 8. The highest BCUT2D eigenvalue weighted by Gasteiger charge is 2.28. The first-order valence-corrected chi connectivity index (χ1v) is 17.8. The zero-order chi connectivity index (χ0) is 29.5. The molecule has 0 radical (unpaired) electrons. The van der Waals surface area contributed by atoms with Crippen molar-refractivity contribution in [2.75, 3.05) is 46.3 Å². The Bertz CT molecular complexity index is 867. The van der Waals surface area contributed by atoms with E-state index in [1.807, 2.05) is 0 Å². The molecule has 4 aliphatic heterocycles. The van der Waals surface area contributed by atoms with Gasteiger partial charge in [0.2, 0.25) is 0 Å². The van der Waals surface area contributed by atoms with Gasteiger partial charge in [-0.1, -0.05) is 27.7 Å². The Morgan fingerprint density at radius 1 is 0.683 bits per heavy atom. The van der Waals surface area contributed by atoms with Crippen LogP contribution in [0.2, 0.25) is 0 Å². The van der Waals surface area contributed by atoms with E-state index in [4.69, 9.17) is 4.98 Å². The number of piperidine rings is 3. The highest BCUT2D eigenvalue weighted by molar-refractivity contribution is 5.10. The third-order valence-electron chi connectivity index (χ3n) is 11.7. The Balaban J connectivity index is 0.000000189. The summed E-state index contributed by atoms with van der Waals surface area (Å²) >= 11 is 0. The first-order chi connectivity index (χ1) is 19.6. The number of aromatic nitrogens is 2. The predicted molar refractivity (Wildman–Crippen MR) is 175 cm³/mol. The van der Waals surface area contributed by atoms with E-state index in [2.05, 4.69) is 81.0 Å². The number of hydrogen-bond acceptors (Lipinski definition) is 4. The Labute approximate surface area is 254 Å². The lowest BCUT2D eigenvalue weighted by Gasteiger charge is -2.40. The van der Waals surface area contributed by atoms with Gasteiger partial charge in [0.1, 0.15) is 5.82 Å².